The molecule has 1 saturated carbocycles. The standard InChI is InChI=1S/C23H29FN4O4/c24-18-12-16-19(28(15-5-6-15)14-17(22(16)30)23(31)32)13-20(18)26-8-10-27(11-9-26)21(29)4-2-1-3-7-25/h12-15H,1-11,25H2,(H,31,32). The second-order valence-corrected chi connectivity index (χ2v) is 8.60. The van der Waals surface area contributed by atoms with Gasteiger partial charge in [0.15, 0.2) is 0 Å². The molecule has 8 nitrogen and oxygen atoms in total. The molecule has 1 aromatic heterocycles. The molecule has 1 saturated heterocycles. The first-order valence-corrected chi connectivity index (χ1v) is 11.2. The van der Waals surface area contributed by atoms with Crippen molar-refractivity contribution in [3.63, 3.8) is 0 Å². The summed E-state index contributed by atoms with van der Waals surface area (Å²) in [5.74, 6) is -1.75. The predicted octanol–water partition coefficient (Wildman–Crippen LogP) is 2.34. The van der Waals surface area contributed by atoms with Gasteiger partial charge in [0.1, 0.15) is 11.4 Å². The second-order valence-electron chi connectivity index (χ2n) is 8.60. The molecule has 172 valence electrons. The summed E-state index contributed by atoms with van der Waals surface area (Å²) in [5, 5.41) is 9.46. The maximum Gasteiger partial charge on any atom is 0.341 e. The fourth-order valence-electron chi connectivity index (χ4n) is 4.36. The van der Waals surface area contributed by atoms with Crippen LogP contribution < -0.4 is 16.1 Å². The van der Waals surface area contributed by atoms with Crippen molar-refractivity contribution in [3.05, 3.63) is 39.9 Å². The normalized spacial score (nSPS) is 16.6. The Labute approximate surface area is 185 Å². The van der Waals surface area contributed by atoms with Gasteiger partial charge < -0.3 is 25.2 Å². The number of nitrogens with zero attached hydrogens (tertiary/aromatic N) is 3. The molecule has 0 atom stereocenters. The number of fused-ring (bicyclic) bond motifs is 1. The van der Waals surface area contributed by atoms with Gasteiger partial charge in [-0.2, -0.15) is 0 Å². The van der Waals surface area contributed by atoms with Gasteiger partial charge in [-0.1, -0.05) is 6.42 Å². The van der Waals surface area contributed by atoms with Crippen molar-refractivity contribution >= 4 is 28.5 Å². The lowest BCUT2D eigenvalue weighted by Crippen LogP contribution is -2.49. The van der Waals surface area contributed by atoms with Crippen LogP contribution in [0.2, 0.25) is 0 Å². The zero-order chi connectivity index (χ0) is 22.8. The van der Waals surface area contributed by atoms with E-state index in [2.05, 4.69) is 0 Å². The Balaban J connectivity index is 1.54. The van der Waals surface area contributed by atoms with Crippen LogP contribution in [0.4, 0.5) is 10.1 Å². The number of carbonyl (C=O) groups excluding carboxylic acids is 1. The molecule has 32 heavy (non-hydrogen) atoms. The summed E-state index contributed by atoms with van der Waals surface area (Å²) in [5.41, 5.74) is 5.41. The van der Waals surface area contributed by atoms with Crippen LogP contribution >= 0.6 is 0 Å². The van der Waals surface area contributed by atoms with Crippen LogP contribution in [0.3, 0.4) is 0 Å². The minimum atomic E-state index is -1.31. The third-order valence-electron chi connectivity index (χ3n) is 6.34. The van der Waals surface area contributed by atoms with Crippen LogP contribution in [0.25, 0.3) is 10.9 Å². The fourth-order valence-corrected chi connectivity index (χ4v) is 4.36. The van der Waals surface area contributed by atoms with E-state index in [0.29, 0.717) is 50.3 Å². The number of aromatic nitrogens is 1. The van der Waals surface area contributed by atoms with Crippen molar-refractivity contribution in [2.45, 2.75) is 44.6 Å². The number of pyridine rings is 1. The number of benzene rings is 1. The van der Waals surface area contributed by atoms with E-state index in [-0.39, 0.29) is 22.9 Å². The molecule has 1 aliphatic heterocycles. The maximum atomic E-state index is 15.0. The number of hydrogen-bond acceptors (Lipinski definition) is 5. The number of rotatable bonds is 8. The van der Waals surface area contributed by atoms with Gasteiger partial charge in [0.05, 0.1) is 11.2 Å². The average molecular weight is 445 g/mol. The average Bonchev–Trinajstić information content (AvgIpc) is 3.62. The molecule has 9 heteroatoms. The topological polar surface area (TPSA) is 109 Å². The summed E-state index contributed by atoms with van der Waals surface area (Å²) in [6.07, 6.45) is 6.37. The molecule has 1 amide bonds. The Morgan fingerprint density at radius 3 is 2.44 bits per heavy atom. The summed E-state index contributed by atoms with van der Waals surface area (Å²) in [6.45, 7) is 2.66. The molecule has 2 aliphatic rings. The van der Waals surface area contributed by atoms with Gasteiger partial charge in [-0.3, -0.25) is 9.59 Å². The van der Waals surface area contributed by atoms with Crippen LogP contribution in [-0.4, -0.2) is 59.2 Å². The molecule has 0 spiro atoms. The number of aromatic carboxylic acids is 1. The number of unbranched alkanes of at least 4 members (excludes halogenated alkanes) is 2. The van der Waals surface area contributed by atoms with Gasteiger partial charge in [0, 0.05) is 50.2 Å². The van der Waals surface area contributed by atoms with E-state index >= 15 is 4.39 Å². The number of carboxylic acids is 1. The van der Waals surface area contributed by atoms with Crippen LogP contribution in [-0.2, 0) is 4.79 Å². The largest absolute Gasteiger partial charge is 0.477 e. The number of hydrogen-bond donors (Lipinski definition) is 2. The van der Waals surface area contributed by atoms with Gasteiger partial charge in [-0.15, -0.1) is 0 Å². The number of carbonyl (C=O) groups is 2. The van der Waals surface area contributed by atoms with E-state index in [0.717, 1.165) is 38.2 Å². The number of piperazine rings is 1. The molecule has 2 fully saturated rings. The van der Waals surface area contributed by atoms with E-state index in [4.69, 9.17) is 5.73 Å². The summed E-state index contributed by atoms with van der Waals surface area (Å²) < 4.78 is 16.8. The van der Waals surface area contributed by atoms with E-state index in [9.17, 15) is 19.5 Å². The molecule has 3 N–H and O–H groups in total. The summed E-state index contributed by atoms with van der Waals surface area (Å²) >= 11 is 0. The van der Waals surface area contributed by atoms with Gasteiger partial charge in [-0.25, -0.2) is 9.18 Å². The van der Waals surface area contributed by atoms with Crippen molar-refractivity contribution in [1.29, 1.82) is 0 Å². The van der Waals surface area contributed by atoms with Gasteiger partial charge in [-0.05, 0) is 44.4 Å². The number of halogens is 1. The zero-order valence-corrected chi connectivity index (χ0v) is 18.1. The smallest absolute Gasteiger partial charge is 0.341 e. The molecule has 0 bridgehead atoms. The van der Waals surface area contributed by atoms with Crippen molar-refractivity contribution in [3.8, 4) is 0 Å². The predicted molar refractivity (Wildman–Crippen MR) is 120 cm³/mol. The monoisotopic (exact) mass is 444 g/mol. The fraction of sp³-hybridized carbons (Fsp3) is 0.522. The molecule has 0 radical (unpaired) electrons. The molecule has 1 aromatic carbocycles. The van der Waals surface area contributed by atoms with Crippen LogP contribution in [0.1, 0.15) is 54.9 Å². The molecule has 2 heterocycles. The summed E-state index contributed by atoms with van der Waals surface area (Å²) in [4.78, 5) is 40.2. The number of amides is 1. The highest BCUT2D eigenvalue weighted by molar-refractivity contribution is 5.93. The minimum absolute atomic E-state index is 0.0874. The molecule has 2 aromatic rings. The van der Waals surface area contributed by atoms with E-state index in [1.807, 2.05) is 9.80 Å². The molecular weight excluding hydrogens is 415 g/mol. The number of carboxylic acid groups (broad SMARTS) is 1. The first-order chi connectivity index (χ1) is 15.4. The quantitative estimate of drug-likeness (QED) is 0.605. The number of anilines is 1. The van der Waals surface area contributed by atoms with E-state index < -0.39 is 17.2 Å². The summed E-state index contributed by atoms with van der Waals surface area (Å²) in [6, 6.07) is 2.94. The van der Waals surface area contributed by atoms with Crippen LogP contribution in [0, 0.1) is 5.82 Å². The van der Waals surface area contributed by atoms with Crippen LogP contribution in [0.15, 0.2) is 23.1 Å². The lowest BCUT2D eigenvalue weighted by Gasteiger charge is -2.36. The SMILES string of the molecule is NCCCCCC(=O)N1CCN(c2cc3c(cc2F)c(=O)c(C(=O)O)cn3C2CC2)CC1. The number of nitrogens with two attached hydrogens (primary N) is 1. The van der Waals surface area contributed by atoms with Gasteiger partial charge in [0.2, 0.25) is 11.3 Å². The van der Waals surface area contributed by atoms with Crippen LogP contribution in [0.5, 0.6) is 0 Å². The third-order valence-corrected chi connectivity index (χ3v) is 6.34. The Hall–Kier alpha value is -2.94. The highest BCUT2D eigenvalue weighted by Crippen LogP contribution is 2.38. The van der Waals surface area contributed by atoms with E-state index in [1.54, 1.807) is 10.6 Å². The Morgan fingerprint density at radius 2 is 1.81 bits per heavy atom. The van der Waals surface area contributed by atoms with Crippen molar-refractivity contribution < 1.29 is 19.1 Å². The highest BCUT2D eigenvalue weighted by atomic mass is 19.1. The molecular formula is C23H29FN4O4. The Kier molecular flexibility index (Phi) is 6.45. The maximum absolute atomic E-state index is 15.0. The lowest BCUT2D eigenvalue weighted by molar-refractivity contribution is -0.131. The van der Waals surface area contributed by atoms with Crippen molar-refractivity contribution in [2.24, 2.45) is 5.73 Å². The van der Waals surface area contributed by atoms with Gasteiger partial charge in [0.25, 0.3) is 0 Å². The minimum Gasteiger partial charge on any atom is -0.477 e. The first-order valence-electron chi connectivity index (χ1n) is 11.2. The van der Waals surface area contributed by atoms with Crippen molar-refractivity contribution in [2.75, 3.05) is 37.6 Å². The third kappa shape index (κ3) is 4.48. The Morgan fingerprint density at radius 1 is 1.09 bits per heavy atom. The molecule has 4 rings (SSSR count). The lowest BCUT2D eigenvalue weighted by atomic mass is 10.1. The molecule has 1 aliphatic carbocycles. The Bertz CT molecular complexity index is 1090. The van der Waals surface area contributed by atoms with Crippen molar-refractivity contribution in [1.82, 2.24) is 9.47 Å². The first kappa shape index (κ1) is 22.3. The summed E-state index contributed by atoms with van der Waals surface area (Å²) in [7, 11) is 0. The van der Waals surface area contributed by atoms with Gasteiger partial charge >= 0.3 is 5.97 Å². The molecule has 0 unspecified atom stereocenters. The highest BCUT2D eigenvalue weighted by Gasteiger charge is 2.29. The van der Waals surface area contributed by atoms with E-state index in [1.165, 1.54) is 6.20 Å². The second kappa shape index (κ2) is 9.28. The zero-order valence-electron chi connectivity index (χ0n) is 18.1.